The zero-order chi connectivity index (χ0) is 36.7. The van der Waals surface area contributed by atoms with Gasteiger partial charge in [0.15, 0.2) is 0 Å². The number of piperidine rings is 1. The van der Waals surface area contributed by atoms with Crippen molar-refractivity contribution in [2.75, 3.05) is 32.1 Å². The molecule has 0 bridgehead atoms. The van der Waals surface area contributed by atoms with Crippen LogP contribution in [0.15, 0.2) is 59.5 Å². The molecular formula is C38H36Cl2F2N6O4. The molecule has 1 aliphatic heterocycles. The van der Waals surface area contributed by atoms with Gasteiger partial charge in [-0.1, -0.05) is 53.5 Å². The molecule has 0 unspecified atom stereocenters. The molecule has 1 saturated heterocycles. The number of methoxy groups -OCH3 is 1. The molecule has 10 nitrogen and oxygen atoms in total. The molecule has 14 heteroatoms. The number of nitrogens with zero attached hydrogens (tertiary/aromatic N) is 5. The Balaban J connectivity index is 1.20. The largest absolute Gasteiger partial charge is 0.481 e. The van der Waals surface area contributed by atoms with Crippen LogP contribution < -0.4 is 15.6 Å². The van der Waals surface area contributed by atoms with Crippen molar-refractivity contribution in [3.05, 3.63) is 91.9 Å². The predicted molar refractivity (Wildman–Crippen MR) is 197 cm³/mol. The Bertz CT molecular complexity index is 2240. The van der Waals surface area contributed by atoms with Gasteiger partial charge in [0.25, 0.3) is 12.0 Å². The second kappa shape index (κ2) is 14.8. The van der Waals surface area contributed by atoms with Gasteiger partial charge in [0.2, 0.25) is 5.88 Å². The van der Waals surface area contributed by atoms with Crippen molar-refractivity contribution < 1.29 is 23.0 Å². The summed E-state index contributed by atoms with van der Waals surface area (Å²) in [4.78, 5) is 36.8. The van der Waals surface area contributed by atoms with E-state index in [0.717, 1.165) is 60.6 Å². The van der Waals surface area contributed by atoms with Crippen molar-refractivity contribution in [3.8, 4) is 28.3 Å². The van der Waals surface area contributed by atoms with E-state index < -0.39 is 17.7 Å². The van der Waals surface area contributed by atoms with Crippen molar-refractivity contribution >= 4 is 51.4 Å². The standard InChI is InChI=1S/C38H36Cl2F2N6O4/c1-4-52-38(50)20-13-15-48(16-14-20)29-12-11-21-17-27(46-36(51-3)30(21)29)25-9-5-7-23(32(25)39)24-8-6-10-26(33(24)40)44-35-31-22(18-28(45-35)34(41)42)19-43-47(2)37(31)49/h5-10,17-20,29,34H,4,11-16H2,1-3H3,(H,44,45)/t29-/m0/s1. The van der Waals surface area contributed by atoms with Crippen molar-refractivity contribution in [3.63, 3.8) is 0 Å². The first-order chi connectivity index (χ1) is 25.1. The topological polar surface area (TPSA) is 111 Å². The zero-order valence-corrected chi connectivity index (χ0v) is 30.3. The average molecular weight is 750 g/mol. The average Bonchev–Trinajstić information content (AvgIpc) is 3.58. The molecule has 0 saturated carbocycles. The Morgan fingerprint density at radius 1 is 1.02 bits per heavy atom. The lowest BCUT2D eigenvalue weighted by atomic mass is 9.94. The molecule has 1 fully saturated rings. The van der Waals surface area contributed by atoms with Crippen LogP contribution in [-0.4, -0.2) is 57.4 Å². The lowest BCUT2D eigenvalue weighted by Gasteiger charge is -2.35. The number of likely N-dealkylation sites (tertiary alicyclic amines) is 1. The first-order valence-electron chi connectivity index (χ1n) is 17.1. The van der Waals surface area contributed by atoms with Gasteiger partial charge in [0.05, 0.1) is 52.6 Å². The van der Waals surface area contributed by atoms with E-state index in [1.165, 1.54) is 13.2 Å². The number of ether oxygens (including phenoxy) is 2. The van der Waals surface area contributed by atoms with Crippen LogP contribution >= 0.6 is 23.2 Å². The summed E-state index contributed by atoms with van der Waals surface area (Å²) >= 11 is 14.1. The molecule has 0 amide bonds. The van der Waals surface area contributed by atoms with Crippen LogP contribution in [0.3, 0.4) is 0 Å². The number of halogens is 4. The number of benzene rings is 2. The van der Waals surface area contributed by atoms with Gasteiger partial charge in [-0.15, -0.1) is 0 Å². The number of hydrogen-bond donors (Lipinski definition) is 1. The minimum absolute atomic E-state index is 0.0641. The third kappa shape index (κ3) is 6.59. The third-order valence-corrected chi connectivity index (χ3v) is 10.7. The highest BCUT2D eigenvalue weighted by atomic mass is 35.5. The fourth-order valence-electron chi connectivity index (χ4n) is 7.33. The minimum Gasteiger partial charge on any atom is -0.481 e. The summed E-state index contributed by atoms with van der Waals surface area (Å²) in [5.41, 5.74) is 4.07. The summed E-state index contributed by atoms with van der Waals surface area (Å²) in [5.74, 6) is 0.293. The Labute approximate surface area is 308 Å². The number of pyridine rings is 2. The molecule has 1 aliphatic carbocycles. The molecule has 0 spiro atoms. The Hall–Kier alpha value is -4.65. The minimum atomic E-state index is -2.87. The van der Waals surface area contributed by atoms with Crippen molar-refractivity contribution in [1.29, 1.82) is 0 Å². The SMILES string of the molecule is CCOC(=O)C1CCN([C@H]2CCc3cc(-c4cccc(-c5cccc(Nc6nc(C(F)F)cc7cnn(C)c(=O)c67)c5Cl)c4Cl)nc(OC)c32)CC1. The highest BCUT2D eigenvalue weighted by Gasteiger charge is 2.36. The third-order valence-electron chi connectivity index (χ3n) is 9.90. The monoisotopic (exact) mass is 748 g/mol. The van der Waals surface area contributed by atoms with E-state index in [4.69, 9.17) is 37.7 Å². The normalized spacial score (nSPS) is 16.3. The lowest BCUT2D eigenvalue weighted by Crippen LogP contribution is -2.38. The fraction of sp³-hybridized carbons (Fsp3) is 0.342. The molecule has 1 atom stereocenters. The van der Waals surface area contributed by atoms with E-state index in [-0.39, 0.29) is 39.5 Å². The number of rotatable bonds is 9. The van der Waals surface area contributed by atoms with Gasteiger partial charge in [0.1, 0.15) is 11.5 Å². The van der Waals surface area contributed by atoms with E-state index in [2.05, 4.69) is 26.4 Å². The molecule has 3 aromatic heterocycles. The molecule has 4 heterocycles. The van der Waals surface area contributed by atoms with Gasteiger partial charge in [-0.3, -0.25) is 14.5 Å². The summed E-state index contributed by atoms with van der Waals surface area (Å²) in [6.45, 7) is 3.80. The molecule has 2 aromatic carbocycles. The quantitative estimate of drug-likeness (QED) is 0.149. The molecule has 7 rings (SSSR count). The van der Waals surface area contributed by atoms with Gasteiger partial charge >= 0.3 is 5.97 Å². The Kier molecular flexibility index (Phi) is 10.1. The molecular weight excluding hydrogens is 713 g/mol. The lowest BCUT2D eigenvalue weighted by molar-refractivity contribution is -0.149. The van der Waals surface area contributed by atoms with Crippen molar-refractivity contribution in [2.24, 2.45) is 13.0 Å². The number of hydrogen-bond acceptors (Lipinski definition) is 9. The maximum Gasteiger partial charge on any atom is 0.309 e. The highest BCUT2D eigenvalue weighted by molar-refractivity contribution is 6.39. The number of carbonyl (C=O) groups is 1. The van der Waals surface area contributed by atoms with E-state index >= 15 is 0 Å². The first-order valence-corrected chi connectivity index (χ1v) is 17.8. The van der Waals surface area contributed by atoms with Gasteiger partial charge in [0, 0.05) is 40.7 Å². The van der Waals surface area contributed by atoms with Crippen LogP contribution in [0, 0.1) is 5.92 Å². The Morgan fingerprint density at radius 2 is 1.73 bits per heavy atom. The van der Waals surface area contributed by atoms with Crippen LogP contribution in [0.1, 0.15) is 55.5 Å². The molecule has 270 valence electrons. The molecule has 0 radical (unpaired) electrons. The maximum absolute atomic E-state index is 13.8. The summed E-state index contributed by atoms with van der Waals surface area (Å²) in [6, 6.07) is 14.2. The maximum atomic E-state index is 13.8. The van der Waals surface area contributed by atoms with Crippen LogP contribution in [0.5, 0.6) is 5.88 Å². The van der Waals surface area contributed by atoms with Gasteiger partial charge < -0.3 is 14.8 Å². The first kappa shape index (κ1) is 35.7. The number of anilines is 2. The van der Waals surface area contributed by atoms with Crippen molar-refractivity contribution in [2.45, 2.75) is 45.1 Å². The molecule has 1 N–H and O–H groups in total. The van der Waals surface area contributed by atoms with Crippen LogP contribution in [0.25, 0.3) is 33.2 Å². The number of fused-ring (bicyclic) bond motifs is 2. The number of aryl methyl sites for hydroxylation is 2. The second-order valence-corrected chi connectivity index (χ2v) is 13.7. The number of esters is 1. The summed E-state index contributed by atoms with van der Waals surface area (Å²) in [5, 5.41) is 7.98. The van der Waals surface area contributed by atoms with E-state index in [1.807, 2.05) is 25.1 Å². The second-order valence-electron chi connectivity index (χ2n) is 12.9. The molecule has 5 aromatic rings. The summed E-state index contributed by atoms with van der Waals surface area (Å²) < 4.78 is 39.9. The predicted octanol–water partition coefficient (Wildman–Crippen LogP) is 8.32. The number of carbonyl (C=O) groups excluding carboxylic acids is 1. The van der Waals surface area contributed by atoms with Crippen LogP contribution in [0.2, 0.25) is 10.0 Å². The number of nitrogens with one attached hydrogen (secondary N) is 1. The zero-order valence-electron chi connectivity index (χ0n) is 28.8. The van der Waals surface area contributed by atoms with E-state index in [0.29, 0.717) is 45.6 Å². The summed E-state index contributed by atoms with van der Waals surface area (Å²) in [7, 11) is 3.09. The molecule has 2 aliphatic rings. The molecule has 52 heavy (non-hydrogen) atoms. The Morgan fingerprint density at radius 3 is 2.44 bits per heavy atom. The van der Waals surface area contributed by atoms with Gasteiger partial charge in [-0.05, 0) is 69.5 Å². The van der Waals surface area contributed by atoms with Gasteiger partial charge in [-0.2, -0.15) is 5.10 Å². The van der Waals surface area contributed by atoms with Gasteiger partial charge in [-0.25, -0.2) is 23.4 Å². The van der Waals surface area contributed by atoms with Crippen molar-refractivity contribution in [1.82, 2.24) is 24.6 Å². The number of alkyl halides is 2. The smallest absolute Gasteiger partial charge is 0.309 e. The number of aromatic nitrogens is 4. The van der Waals surface area contributed by atoms with E-state index in [1.54, 1.807) is 25.3 Å². The fourth-order valence-corrected chi connectivity index (χ4v) is 7.93. The highest BCUT2D eigenvalue weighted by Crippen LogP contribution is 2.46. The summed E-state index contributed by atoms with van der Waals surface area (Å²) in [6.07, 6.45) is 1.74. The van der Waals surface area contributed by atoms with Crippen LogP contribution in [0.4, 0.5) is 20.3 Å². The van der Waals surface area contributed by atoms with E-state index in [9.17, 15) is 18.4 Å². The van der Waals surface area contributed by atoms with Crippen LogP contribution in [-0.2, 0) is 23.0 Å².